The Morgan fingerprint density at radius 3 is 1.72 bits per heavy atom. The van der Waals surface area contributed by atoms with Crippen molar-refractivity contribution in [1.82, 2.24) is 5.32 Å². The maximum Gasteiger partial charge on any atom is 0.220 e. The van der Waals surface area contributed by atoms with Crippen LogP contribution in [0.4, 0.5) is 0 Å². The molecule has 2 heterocycles. The Bertz CT molecular complexity index is 1260. The van der Waals surface area contributed by atoms with E-state index in [4.69, 9.17) is 18.9 Å². The van der Waals surface area contributed by atoms with E-state index < -0.39 is 86.8 Å². The molecule has 9 N–H and O–H groups in total. The summed E-state index contributed by atoms with van der Waals surface area (Å²) >= 11 is 0. The molecule has 2 aliphatic heterocycles. The lowest BCUT2D eigenvalue weighted by Gasteiger charge is -2.46. The number of hydrogen-bond donors (Lipinski definition) is 9. The zero-order chi connectivity index (χ0) is 44.7. The highest BCUT2D eigenvalue weighted by molar-refractivity contribution is 5.76. The number of unbranched alkanes of at least 4 members (excludes halogenated alkanes) is 12. The van der Waals surface area contributed by atoms with Crippen molar-refractivity contribution in [3.63, 3.8) is 0 Å². The van der Waals surface area contributed by atoms with Crippen molar-refractivity contribution in [3.05, 3.63) is 60.8 Å². The van der Waals surface area contributed by atoms with Gasteiger partial charge in [0, 0.05) is 6.42 Å². The van der Waals surface area contributed by atoms with E-state index in [1.807, 2.05) is 6.08 Å². The third kappa shape index (κ3) is 22.2. The third-order valence-corrected chi connectivity index (χ3v) is 11.0. The lowest BCUT2D eigenvalue weighted by molar-refractivity contribution is -0.359. The topological polar surface area (TPSA) is 228 Å². The second-order valence-electron chi connectivity index (χ2n) is 16.1. The maximum atomic E-state index is 13.0. The van der Waals surface area contributed by atoms with Crippen molar-refractivity contribution >= 4 is 5.91 Å². The van der Waals surface area contributed by atoms with E-state index in [2.05, 4.69) is 67.8 Å². The van der Waals surface area contributed by atoms with Crippen LogP contribution in [-0.2, 0) is 23.7 Å². The molecular formula is C47H81NO13. The number of aliphatic hydroxyl groups excluding tert-OH is 8. The fourth-order valence-corrected chi connectivity index (χ4v) is 7.15. The second-order valence-corrected chi connectivity index (χ2v) is 16.1. The van der Waals surface area contributed by atoms with Crippen LogP contribution >= 0.6 is 0 Å². The minimum Gasteiger partial charge on any atom is -0.394 e. The van der Waals surface area contributed by atoms with Crippen molar-refractivity contribution in [2.24, 2.45) is 0 Å². The van der Waals surface area contributed by atoms with Crippen molar-refractivity contribution in [2.75, 3.05) is 19.8 Å². The van der Waals surface area contributed by atoms with Gasteiger partial charge >= 0.3 is 0 Å². The van der Waals surface area contributed by atoms with E-state index >= 15 is 0 Å². The van der Waals surface area contributed by atoms with Gasteiger partial charge < -0.3 is 65.1 Å². The SMILES string of the molecule is CC/C=C\C/C=C\C/C=C\C/C=C\CCCCCCCCCCCCC(=O)NC(COC1OC(CO)C(OC2OC(CO)C(O)C(O)C2O)C(O)C1O)C(O)/C=C/CCCC. The van der Waals surface area contributed by atoms with Gasteiger partial charge in [0.1, 0.15) is 48.8 Å². The molecule has 0 radical (unpaired) electrons. The van der Waals surface area contributed by atoms with Crippen LogP contribution in [0.2, 0.25) is 0 Å². The molecule has 12 unspecified atom stereocenters. The van der Waals surface area contributed by atoms with Crippen LogP contribution in [0.1, 0.15) is 136 Å². The Hall–Kier alpha value is -2.31. The number of allylic oxidation sites excluding steroid dienone is 9. The molecule has 2 saturated heterocycles. The molecule has 0 bridgehead atoms. The molecule has 0 aromatic carbocycles. The Morgan fingerprint density at radius 1 is 0.607 bits per heavy atom. The summed E-state index contributed by atoms with van der Waals surface area (Å²) in [5, 5.41) is 85.9. The molecule has 352 valence electrons. The average Bonchev–Trinajstić information content (AvgIpc) is 3.26. The van der Waals surface area contributed by atoms with Crippen molar-refractivity contribution < 1.29 is 64.6 Å². The summed E-state index contributed by atoms with van der Waals surface area (Å²) in [5.41, 5.74) is 0. The van der Waals surface area contributed by atoms with E-state index in [0.29, 0.717) is 6.42 Å². The smallest absolute Gasteiger partial charge is 0.220 e. The van der Waals surface area contributed by atoms with Crippen molar-refractivity contribution in [1.29, 1.82) is 0 Å². The molecule has 0 aliphatic carbocycles. The number of ether oxygens (including phenoxy) is 4. The van der Waals surface area contributed by atoms with Gasteiger partial charge in [0.15, 0.2) is 12.6 Å². The van der Waals surface area contributed by atoms with Gasteiger partial charge in [-0.2, -0.15) is 0 Å². The van der Waals surface area contributed by atoms with E-state index in [1.54, 1.807) is 6.08 Å². The first kappa shape index (κ1) is 54.8. The summed E-state index contributed by atoms with van der Waals surface area (Å²) in [4.78, 5) is 13.0. The zero-order valence-corrected chi connectivity index (χ0v) is 36.9. The fourth-order valence-electron chi connectivity index (χ4n) is 7.15. The molecule has 61 heavy (non-hydrogen) atoms. The lowest BCUT2D eigenvalue weighted by atomic mass is 9.97. The fraction of sp³-hybridized carbons (Fsp3) is 0.766. The first-order valence-electron chi connectivity index (χ1n) is 23.0. The Morgan fingerprint density at radius 2 is 1.13 bits per heavy atom. The number of carbonyl (C=O) groups is 1. The number of carbonyl (C=O) groups excluding carboxylic acids is 1. The molecule has 0 saturated carbocycles. The summed E-state index contributed by atoms with van der Waals surface area (Å²) in [7, 11) is 0. The first-order chi connectivity index (χ1) is 29.6. The van der Waals surface area contributed by atoms with Gasteiger partial charge in [-0.15, -0.1) is 0 Å². The molecule has 12 atom stereocenters. The summed E-state index contributed by atoms with van der Waals surface area (Å²) in [6, 6.07) is -0.914. The van der Waals surface area contributed by atoms with E-state index in [-0.39, 0.29) is 18.9 Å². The van der Waals surface area contributed by atoms with E-state index in [1.165, 1.54) is 38.5 Å². The molecule has 0 spiro atoms. The maximum absolute atomic E-state index is 13.0. The van der Waals surface area contributed by atoms with Crippen molar-refractivity contribution in [2.45, 2.75) is 209 Å². The standard InChI is InChI=1S/C47H81NO13/c1-3-5-7-9-10-11-12-13-14-15-16-17-18-19-20-21-22-23-24-25-26-27-29-31-39(52)48-35(36(51)30-28-8-6-4-2)34-58-46-44(57)42(55)45(38(33-50)60-46)61-47-43(56)41(54)40(53)37(32-49)59-47/h5,7,10-11,13-14,16-17,28,30,35-38,40-47,49-51,53-57H,3-4,6,8-9,12,15,18-27,29,31-34H2,1-2H3,(H,48,52)/b7-5-,11-10-,14-13-,17-16-,30-28+. The summed E-state index contributed by atoms with van der Waals surface area (Å²) in [6.07, 6.45) is 23.5. The Balaban J connectivity index is 1.70. The first-order valence-corrected chi connectivity index (χ1v) is 23.0. The van der Waals surface area contributed by atoms with E-state index in [9.17, 15) is 45.6 Å². The highest BCUT2D eigenvalue weighted by atomic mass is 16.7. The third-order valence-electron chi connectivity index (χ3n) is 11.0. The highest BCUT2D eigenvalue weighted by Gasteiger charge is 2.50. The van der Waals surface area contributed by atoms with Gasteiger partial charge in [0.05, 0.1) is 32.0 Å². The zero-order valence-electron chi connectivity index (χ0n) is 36.9. The van der Waals surface area contributed by atoms with Gasteiger partial charge in [-0.3, -0.25) is 4.79 Å². The van der Waals surface area contributed by atoms with Gasteiger partial charge in [-0.05, 0) is 51.4 Å². The van der Waals surface area contributed by atoms with Crippen LogP contribution in [0.3, 0.4) is 0 Å². The van der Waals surface area contributed by atoms with Gasteiger partial charge in [-0.25, -0.2) is 0 Å². The summed E-state index contributed by atoms with van der Waals surface area (Å²) in [6.45, 7) is 2.47. The lowest BCUT2D eigenvalue weighted by Crippen LogP contribution is -2.65. The highest BCUT2D eigenvalue weighted by Crippen LogP contribution is 2.30. The molecule has 1 amide bonds. The number of nitrogens with one attached hydrogen (secondary N) is 1. The minimum absolute atomic E-state index is 0.258. The Kier molecular flexibility index (Phi) is 30.7. The van der Waals surface area contributed by atoms with Gasteiger partial charge in [-0.1, -0.05) is 139 Å². The largest absolute Gasteiger partial charge is 0.394 e. The predicted molar refractivity (Wildman–Crippen MR) is 235 cm³/mol. The van der Waals surface area contributed by atoms with Gasteiger partial charge in [0.2, 0.25) is 5.91 Å². The van der Waals surface area contributed by atoms with Crippen LogP contribution < -0.4 is 5.32 Å². The monoisotopic (exact) mass is 868 g/mol. The normalized spacial score (nSPS) is 28.6. The van der Waals surface area contributed by atoms with Crippen molar-refractivity contribution in [3.8, 4) is 0 Å². The molecule has 14 heteroatoms. The molecule has 14 nitrogen and oxygen atoms in total. The molecule has 2 fully saturated rings. The average molecular weight is 868 g/mol. The van der Waals surface area contributed by atoms with Crippen LogP contribution in [-0.4, -0.2) is 140 Å². The van der Waals surface area contributed by atoms with E-state index in [0.717, 1.165) is 70.6 Å². The van der Waals surface area contributed by atoms with Gasteiger partial charge in [0.25, 0.3) is 0 Å². The number of rotatable bonds is 33. The molecule has 0 aromatic rings. The van der Waals surface area contributed by atoms with Crippen LogP contribution in [0.25, 0.3) is 0 Å². The second kappa shape index (κ2) is 34.1. The Labute approximate surface area is 365 Å². The molecule has 0 aromatic heterocycles. The summed E-state index contributed by atoms with van der Waals surface area (Å²) in [5.74, 6) is -0.258. The van der Waals surface area contributed by atoms with Crippen LogP contribution in [0.15, 0.2) is 60.8 Å². The van der Waals surface area contributed by atoms with Crippen LogP contribution in [0, 0.1) is 0 Å². The molecule has 2 aliphatic rings. The quantitative estimate of drug-likeness (QED) is 0.0322. The van der Waals surface area contributed by atoms with Crippen LogP contribution in [0.5, 0.6) is 0 Å². The molecular weight excluding hydrogens is 787 g/mol. The number of amides is 1. The molecule has 2 rings (SSSR count). The minimum atomic E-state index is -1.79. The predicted octanol–water partition coefficient (Wildman–Crippen LogP) is 4.71. The summed E-state index contributed by atoms with van der Waals surface area (Å²) < 4.78 is 22.5. The number of hydrogen-bond acceptors (Lipinski definition) is 13. The number of aliphatic hydroxyl groups is 8.